The maximum Gasteiger partial charge on any atom is 0.209 e. The Bertz CT molecular complexity index is 170. The smallest absolute Gasteiger partial charge is 0.209 e. The van der Waals surface area contributed by atoms with E-state index >= 15 is 0 Å². The Hall–Kier alpha value is -0.650. The number of hydrogen-bond donors (Lipinski definition) is 0. The van der Waals surface area contributed by atoms with Crippen molar-refractivity contribution in [3.8, 4) is 0 Å². The molecule has 1 aliphatic rings. The quantitative estimate of drug-likeness (QED) is 0.422. The van der Waals surface area contributed by atoms with Crippen molar-refractivity contribution in [2.75, 3.05) is 59.7 Å². The first-order chi connectivity index (χ1) is 7.36. The molecule has 1 heterocycles. The zero-order valence-corrected chi connectivity index (χ0v) is 9.35. The highest BCUT2D eigenvalue weighted by Crippen LogP contribution is 1.98. The molecule has 0 bridgehead atoms. The lowest BCUT2D eigenvalue weighted by molar-refractivity contribution is -0.119. The molecule has 0 radical (unpaired) electrons. The van der Waals surface area contributed by atoms with E-state index in [0.717, 1.165) is 45.7 Å². The molecule has 0 spiro atoms. The van der Waals surface area contributed by atoms with Gasteiger partial charge < -0.3 is 14.4 Å². The molecule has 1 amide bonds. The average Bonchev–Trinajstić information content (AvgIpc) is 2.30. The van der Waals surface area contributed by atoms with Crippen LogP contribution >= 0.6 is 0 Å². The molecule has 1 aliphatic heterocycles. The van der Waals surface area contributed by atoms with Crippen molar-refractivity contribution < 1.29 is 14.3 Å². The first-order valence-corrected chi connectivity index (χ1v) is 5.35. The summed E-state index contributed by atoms with van der Waals surface area (Å²) in [5.41, 5.74) is 0. The van der Waals surface area contributed by atoms with Gasteiger partial charge in [0, 0.05) is 39.8 Å². The number of methoxy groups -OCH3 is 1. The fourth-order valence-electron chi connectivity index (χ4n) is 1.53. The van der Waals surface area contributed by atoms with Gasteiger partial charge in [0.25, 0.3) is 0 Å². The molecule has 0 unspecified atom stereocenters. The van der Waals surface area contributed by atoms with Gasteiger partial charge in [-0.25, -0.2) is 0 Å². The van der Waals surface area contributed by atoms with Gasteiger partial charge in [0.1, 0.15) is 0 Å². The predicted octanol–water partition coefficient (Wildman–Crippen LogP) is -0.577. The van der Waals surface area contributed by atoms with Crippen molar-refractivity contribution >= 4 is 6.41 Å². The van der Waals surface area contributed by atoms with Crippen LogP contribution in [-0.4, -0.2) is 75.9 Å². The number of nitrogens with zero attached hydrogens (tertiary/aromatic N) is 2. The van der Waals surface area contributed by atoms with Gasteiger partial charge in [-0.05, 0) is 0 Å². The third-order valence-corrected chi connectivity index (χ3v) is 2.54. The summed E-state index contributed by atoms with van der Waals surface area (Å²) in [7, 11) is 1.67. The fraction of sp³-hybridized carbons (Fsp3) is 0.900. The molecular formula is C10H20N2O3. The molecule has 1 rings (SSSR count). The van der Waals surface area contributed by atoms with Crippen LogP contribution in [0, 0.1) is 0 Å². The second-order valence-corrected chi connectivity index (χ2v) is 3.59. The predicted molar refractivity (Wildman–Crippen MR) is 56.8 cm³/mol. The molecule has 0 atom stereocenters. The maximum atomic E-state index is 10.5. The minimum absolute atomic E-state index is 0.652. The largest absolute Gasteiger partial charge is 0.382 e. The molecule has 0 saturated carbocycles. The van der Waals surface area contributed by atoms with Gasteiger partial charge >= 0.3 is 0 Å². The average molecular weight is 216 g/mol. The molecule has 15 heavy (non-hydrogen) atoms. The molecule has 0 aromatic rings. The summed E-state index contributed by atoms with van der Waals surface area (Å²) >= 11 is 0. The molecule has 0 aromatic heterocycles. The van der Waals surface area contributed by atoms with Gasteiger partial charge in [-0.15, -0.1) is 0 Å². The normalized spacial score (nSPS) is 18.1. The van der Waals surface area contributed by atoms with Gasteiger partial charge in [0.15, 0.2) is 0 Å². The van der Waals surface area contributed by atoms with Crippen LogP contribution in [0.15, 0.2) is 0 Å². The number of rotatable bonds is 7. The van der Waals surface area contributed by atoms with Crippen LogP contribution < -0.4 is 0 Å². The number of hydrogen-bond acceptors (Lipinski definition) is 4. The topological polar surface area (TPSA) is 42.0 Å². The summed E-state index contributed by atoms with van der Waals surface area (Å²) in [5.74, 6) is 0. The van der Waals surface area contributed by atoms with Crippen LogP contribution in [0.1, 0.15) is 0 Å². The molecule has 5 heteroatoms. The Morgan fingerprint density at radius 3 is 2.47 bits per heavy atom. The summed E-state index contributed by atoms with van der Waals surface area (Å²) < 4.78 is 10.3. The molecule has 0 aromatic carbocycles. The van der Waals surface area contributed by atoms with E-state index in [-0.39, 0.29) is 0 Å². The Labute approximate surface area is 90.9 Å². The summed E-state index contributed by atoms with van der Waals surface area (Å²) in [6.45, 7) is 6.56. The highest BCUT2D eigenvalue weighted by Gasteiger charge is 2.14. The van der Waals surface area contributed by atoms with Crippen LogP contribution in [0.2, 0.25) is 0 Å². The van der Waals surface area contributed by atoms with Crippen LogP contribution in [0.3, 0.4) is 0 Å². The lowest BCUT2D eigenvalue weighted by Crippen LogP contribution is -2.46. The zero-order valence-electron chi connectivity index (χ0n) is 9.35. The Balaban J connectivity index is 1.96. The minimum atomic E-state index is 0.652. The van der Waals surface area contributed by atoms with Gasteiger partial charge in [0.2, 0.25) is 6.41 Å². The number of ether oxygens (including phenoxy) is 2. The Morgan fingerprint density at radius 1 is 1.13 bits per heavy atom. The van der Waals surface area contributed by atoms with Crippen LogP contribution in [0.4, 0.5) is 0 Å². The molecular weight excluding hydrogens is 196 g/mol. The molecule has 5 nitrogen and oxygen atoms in total. The second-order valence-electron chi connectivity index (χ2n) is 3.59. The second kappa shape index (κ2) is 7.62. The molecule has 0 aliphatic carbocycles. The first kappa shape index (κ1) is 12.4. The van der Waals surface area contributed by atoms with Crippen molar-refractivity contribution in [2.45, 2.75) is 0 Å². The van der Waals surface area contributed by atoms with Crippen molar-refractivity contribution in [1.82, 2.24) is 9.80 Å². The number of piperazine rings is 1. The third-order valence-electron chi connectivity index (χ3n) is 2.54. The van der Waals surface area contributed by atoms with Gasteiger partial charge in [-0.3, -0.25) is 9.69 Å². The maximum absolute atomic E-state index is 10.5. The number of carbonyl (C=O) groups is 1. The van der Waals surface area contributed by atoms with E-state index in [1.807, 2.05) is 4.90 Å². The van der Waals surface area contributed by atoms with Crippen LogP contribution in [0.5, 0.6) is 0 Å². The van der Waals surface area contributed by atoms with Crippen molar-refractivity contribution in [3.63, 3.8) is 0 Å². The summed E-state index contributed by atoms with van der Waals surface area (Å²) in [6.07, 6.45) is 0.923. The van der Waals surface area contributed by atoms with E-state index in [9.17, 15) is 4.79 Å². The van der Waals surface area contributed by atoms with E-state index in [0.29, 0.717) is 13.2 Å². The standard InChI is InChI=1S/C10H20N2O3/c1-14-8-9-15-7-6-11-2-4-12(10-13)5-3-11/h10H,2-9H2,1H3. The van der Waals surface area contributed by atoms with E-state index in [1.54, 1.807) is 7.11 Å². The van der Waals surface area contributed by atoms with Crippen LogP contribution in [-0.2, 0) is 14.3 Å². The third kappa shape index (κ3) is 5.11. The van der Waals surface area contributed by atoms with Gasteiger partial charge in [-0.2, -0.15) is 0 Å². The molecule has 88 valence electrons. The number of carbonyl (C=O) groups excluding carboxylic acids is 1. The monoisotopic (exact) mass is 216 g/mol. The molecule has 1 fully saturated rings. The lowest BCUT2D eigenvalue weighted by atomic mass is 10.3. The van der Waals surface area contributed by atoms with E-state index < -0.39 is 0 Å². The van der Waals surface area contributed by atoms with Crippen molar-refractivity contribution in [3.05, 3.63) is 0 Å². The fourth-order valence-corrected chi connectivity index (χ4v) is 1.53. The van der Waals surface area contributed by atoms with Gasteiger partial charge in [-0.1, -0.05) is 0 Å². The SMILES string of the molecule is COCCOCCN1CCN(C=O)CC1. The minimum Gasteiger partial charge on any atom is -0.382 e. The highest BCUT2D eigenvalue weighted by atomic mass is 16.5. The summed E-state index contributed by atoms with van der Waals surface area (Å²) in [6, 6.07) is 0. The highest BCUT2D eigenvalue weighted by molar-refractivity contribution is 5.47. The van der Waals surface area contributed by atoms with E-state index in [1.165, 1.54) is 0 Å². The zero-order chi connectivity index (χ0) is 10.9. The summed E-state index contributed by atoms with van der Waals surface area (Å²) in [4.78, 5) is 14.6. The van der Waals surface area contributed by atoms with Crippen molar-refractivity contribution in [1.29, 1.82) is 0 Å². The van der Waals surface area contributed by atoms with Crippen LogP contribution in [0.25, 0.3) is 0 Å². The van der Waals surface area contributed by atoms with Crippen molar-refractivity contribution in [2.24, 2.45) is 0 Å². The summed E-state index contributed by atoms with van der Waals surface area (Å²) in [5, 5.41) is 0. The first-order valence-electron chi connectivity index (χ1n) is 5.35. The number of amides is 1. The molecule has 0 N–H and O–H groups in total. The van der Waals surface area contributed by atoms with E-state index in [4.69, 9.17) is 9.47 Å². The molecule has 1 saturated heterocycles. The lowest BCUT2D eigenvalue weighted by Gasteiger charge is -2.32. The Kier molecular flexibility index (Phi) is 6.31. The van der Waals surface area contributed by atoms with Gasteiger partial charge in [0.05, 0.1) is 19.8 Å². The Morgan fingerprint density at radius 2 is 1.87 bits per heavy atom. The van der Waals surface area contributed by atoms with E-state index in [2.05, 4.69) is 4.90 Å².